The van der Waals surface area contributed by atoms with Crippen molar-refractivity contribution in [2.75, 3.05) is 0 Å². The first-order valence-corrected chi connectivity index (χ1v) is 5.34. The van der Waals surface area contributed by atoms with E-state index in [-0.39, 0.29) is 0 Å². The van der Waals surface area contributed by atoms with Crippen LogP contribution in [0, 0.1) is 5.92 Å². The van der Waals surface area contributed by atoms with Crippen LogP contribution < -0.4 is 0 Å². The summed E-state index contributed by atoms with van der Waals surface area (Å²) >= 11 is 2.44. The Balaban J connectivity index is 2.18. The molecule has 60 valence electrons. The quantitative estimate of drug-likeness (QED) is 0.536. The monoisotopic (exact) mass is 146 g/mol. The molecule has 1 saturated carbocycles. The third-order valence-corrected chi connectivity index (χ3v) is 3.22. The molecule has 0 saturated heterocycles. The molecule has 2 unspecified atom stereocenters. The first kappa shape index (κ1) is 9.68. The van der Waals surface area contributed by atoms with E-state index in [2.05, 4.69) is 24.6 Å². The third kappa shape index (κ3) is 3.22. The van der Waals surface area contributed by atoms with Crippen LogP contribution in [0.4, 0.5) is 0 Å². The minimum atomic E-state index is 1.02. The summed E-state index contributed by atoms with van der Waals surface area (Å²) in [6, 6.07) is 0. The van der Waals surface area contributed by atoms with Gasteiger partial charge in [-0.2, -0.15) is 0 Å². The molecule has 1 heteroatoms. The summed E-state index contributed by atoms with van der Waals surface area (Å²) in [6.07, 6.45) is 10.3. The Morgan fingerprint density at radius 3 is 2.64 bits per heavy atom. The molecule has 0 spiro atoms. The van der Waals surface area contributed by atoms with Crippen LogP contribution in [0.5, 0.6) is 0 Å². The summed E-state index contributed by atoms with van der Waals surface area (Å²) in [5.41, 5.74) is 0. The number of hydrogen-bond acceptors (Lipinski definition) is 0. The fourth-order valence-corrected chi connectivity index (χ4v) is 2.29. The standard InChI is InChI=1S/C10H19.Li/c1-2-3-7-10-8-5-4-6-9-10;/h8,10H,2-7,9H2,1H3;. The first-order chi connectivity index (χ1) is 5.34. The molecule has 0 aromatic rings. The maximum absolute atomic E-state index is 2.44. The van der Waals surface area contributed by atoms with Crippen molar-refractivity contribution >= 4 is 17.7 Å². The molecule has 2 atom stereocenters. The summed E-state index contributed by atoms with van der Waals surface area (Å²) in [7, 11) is 0. The first-order valence-electron chi connectivity index (χ1n) is 5.34. The summed E-state index contributed by atoms with van der Waals surface area (Å²) < 4.78 is 1.02. The second-order valence-corrected chi connectivity index (χ2v) is 4.16. The molecule has 1 fully saturated rings. The molecule has 1 aliphatic rings. The predicted molar refractivity (Wildman–Crippen MR) is 51.0 cm³/mol. The Morgan fingerprint density at radius 2 is 2.00 bits per heavy atom. The van der Waals surface area contributed by atoms with Crippen molar-refractivity contribution in [1.29, 1.82) is 0 Å². The van der Waals surface area contributed by atoms with Gasteiger partial charge in [0.05, 0.1) is 0 Å². The average Bonchev–Trinajstić information content (AvgIpc) is 2.03. The molecule has 0 aromatic heterocycles. The van der Waals surface area contributed by atoms with Crippen LogP contribution in [0.1, 0.15) is 51.9 Å². The molecule has 0 heterocycles. The molecule has 0 bridgehead atoms. The Morgan fingerprint density at radius 1 is 1.27 bits per heavy atom. The Bertz CT molecular complexity index is 101. The van der Waals surface area contributed by atoms with E-state index >= 15 is 0 Å². The van der Waals surface area contributed by atoms with E-state index in [1.165, 1.54) is 44.9 Å². The second kappa shape index (κ2) is 5.28. The molecule has 0 N–H and O–H groups in total. The summed E-state index contributed by atoms with van der Waals surface area (Å²) in [4.78, 5) is 0. The van der Waals surface area contributed by atoms with Crippen molar-refractivity contribution in [3.63, 3.8) is 0 Å². The Kier molecular flexibility index (Phi) is 4.65. The predicted octanol–water partition coefficient (Wildman–Crippen LogP) is 3.32. The molecule has 0 aromatic carbocycles. The zero-order chi connectivity index (χ0) is 8.10. The van der Waals surface area contributed by atoms with Crippen LogP contribution in [0.25, 0.3) is 0 Å². The van der Waals surface area contributed by atoms with E-state index < -0.39 is 0 Å². The Labute approximate surface area is 80.3 Å². The van der Waals surface area contributed by atoms with Gasteiger partial charge in [0.2, 0.25) is 0 Å². The fourth-order valence-electron chi connectivity index (χ4n) is 2.29. The van der Waals surface area contributed by atoms with Crippen molar-refractivity contribution in [3.05, 3.63) is 0 Å². The van der Waals surface area contributed by atoms with Gasteiger partial charge in [-0.3, -0.25) is 0 Å². The van der Waals surface area contributed by atoms with Gasteiger partial charge in [0.25, 0.3) is 0 Å². The number of hydrogen-bond donors (Lipinski definition) is 0. The van der Waals surface area contributed by atoms with Crippen molar-refractivity contribution in [3.8, 4) is 0 Å². The van der Waals surface area contributed by atoms with Crippen LogP contribution in [-0.4, -0.2) is 17.7 Å². The zero-order valence-corrected chi connectivity index (χ0v) is 8.10. The van der Waals surface area contributed by atoms with Gasteiger partial charge in [0, 0.05) is 0 Å². The van der Waals surface area contributed by atoms with Crippen LogP contribution in [0.3, 0.4) is 0 Å². The summed E-state index contributed by atoms with van der Waals surface area (Å²) in [5.74, 6) is 1.07. The topological polar surface area (TPSA) is 0 Å². The SMILES string of the molecule is [Li][CH]1CCCCC1CCCC. The van der Waals surface area contributed by atoms with Crippen LogP contribution in [-0.2, 0) is 0 Å². The minimum absolute atomic E-state index is 1.02. The van der Waals surface area contributed by atoms with E-state index in [4.69, 9.17) is 0 Å². The van der Waals surface area contributed by atoms with Gasteiger partial charge in [-0.15, -0.1) is 0 Å². The molecule has 1 aliphatic carbocycles. The second-order valence-electron chi connectivity index (χ2n) is 4.16. The van der Waals surface area contributed by atoms with Crippen LogP contribution in [0.15, 0.2) is 0 Å². The normalized spacial score (nSPS) is 32.3. The van der Waals surface area contributed by atoms with Crippen LogP contribution in [0.2, 0.25) is 4.59 Å². The van der Waals surface area contributed by atoms with Gasteiger partial charge in [-0.1, -0.05) is 0 Å². The zero-order valence-electron chi connectivity index (χ0n) is 8.10. The van der Waals surface area contributed by atoms with Crippen molar-refractivity contribution in [1.82, 2.24) is 0 Å². The number of rotatable bonds is 3. The van der Waals surface area contributed by atoms with Gasteiger partial charge in [-0.25, -0.2) is 0 Å². The van der Waals surface area contributed by atoms with E-state index in [9.17, 15) is 0 Å². The molecule has 0 nitrogen and oxygen atoms in total. The third-order valence-electron chi connectivity index (χ3n) is 3.22. The fraction of sp³-hybridized carbons (Fsp3) is 1.00. The molecule has 0 aliphatic heterocycles. The van der Waals surface area contributed by atoms with Crippen molar-refractivity contribution < 1.29 is 0 Å². The van der Waals surface area contributed by atoms with Gasteiger partial charge in [0.1, 0.15) is 0 Å². The van der Waals surface area contributed by atoms with Gasteiger partial charge in [0.15, 0.2) is 0 Å². The molecule has 11 heavy (non-hydrogen) atoms. The van der Waals surface area contributed by atoms with Gasteiger partial charge in [-0.05, 0) is 0 Å². The van der Waals surface area contributed by atoms with Crippen LogP contribution >= 0.6 is 0 Å². The van der Waals surface area contributed by atoms with Gasteiger partial charge < -0.3 is 0 Å². The summed E-state index contributed by atoms with van der Waals surface area (Å²) in [6.45, 7) is 2.30. The van der Waals surface area contributed by atoms with E-state index in [1.54, 1.807) is 0 Å². The van der Waals surface area contributed by atoms with E-state index in [0.29, 0.717) is 0 Å². The maximum atomic E-state index is 2.44. The average molecular weight is 146 g/mol. The van der Waals surface area contributed by atoms with Crippen molar-refractivity contribution in [2.45, 2.75) is 56.5 Å². The van der Waals surface area contributed by atoms with Crippen molar-refractivity contribution in [2.24, 2.45) is 5.92 Å². The summed E-state index contributed by atoms with van der Waals surface area (Å²) in [5, 5.41) is 0. The molecular weight excluding hydrogens is 127 g/mol. The molecule has 1 rings (SSSR count). The number of unbranched alkanes of at least 4 members (excludes halogenated alkanes) is 1. The molecule has 0 radical (unpaired) electrons. The van der Waals surface area contributed by atoms with E-state index in [0.717, 1.165) is 10.5 Å². The van der Waals surface area contributed by atoms with E-state index in [1.807, 2.05) is 0 Å². The molecular formula is C10H19Li. The Hall–Kier alpha value is 0.597. The van der Waals surface area contributed by atoms with Gasteiger partial charge >= 0.3 is 80.1 Å². The molecule has 0 amide bonds.